The lowest BCUT2D eigenvalue weighted by Gasteiger charge is -2.12. The Morgan fingerprint density at radius 2 is 0.722 bits per heavy atom. The maximum absolute atomic E-state index is 2.48. The van der Waals surface area contributed by atoms with Gasteiger partial charge in [-0.1, -0.05) is 196 Å². The molecule has 0 atom stereocenters. The van der Waals surface area contributed by atoms with Crippen LogP contribution in [0.3, 0.4) is 0 Å². The Bertz CT molecular complexity index is 1390. The van der Waals surface area contributed by atoms with E-state index in [0.29, 0.717) is 0 Å². The Morgan fingerprint density at radius 1 is 0.333 bits per heavy atom. The first-order valence-electron chi connectivity index (χ1n) is 11.4. The summed E-state index contributed by atoms with van der Waals surface area (Å²) in [6.07, 6.45) is 0. The van der Waals surface area contributed by atoms with E-state index >= 15 is 0 Å². The molecule has 5 aromatic rings. The zero-order valence-electron chi connectivity index (χ0n) is 19.4. The van der Waals surface area contributed by atoms with Gasteiger partial charge in [0.2, 0.25) is 0 Å². The molecule has 0 aliphatic carbocycles. The molecule has 0 radical (unpaired) electrons. The van der Waals surface area contributed by atoms with Crippen LogP contribution in [0, 0.1) is 0 Å². The third kappa shape index (κ3) is 7.31. The van der Waals surface area contributed by atoms with Crippen LogP contribution in [0.2, 0.25) is 0 Å². The van der Waals surface area contributed by atoms with Gasteiger partial charge in [0.15, 0.2) is 0 Å². The minimum absolute atomic E-state index is 1.07. The summed E-state index contributed by atoms with van der Waals surface area (Å²) in [4.78, 5) is 0. The van der Waals surface area contributed by atoms with Gasteiger partial charge in [-0.05, 0) is 77.8 Å². The Hall–Kier alpha value is 1.26. The molecule has 0 unspecified atom stereocenters. The van der Waals surface area contributed by atoms with Crippen molar-refractivity contribution in [3.8, 4) is 0 Å². The fourth-order valence-corrected chi connectivity index (χ4v) is 7.47. The molecule has 36 heavy (non-hydrogen) atoms. The quantitative estimate of drug-likeness (QED) is 0.0903. The number of fused-ring (bicyclic) bond motifs is 3. The molecule has 0 fully saturated rings. The van der Waals surface area contributed by atoms with Gasteiger partial charge in [0.25, 0.3) is 0 Å². The SMILES string of the molecule is ICc1cc(CI)c2cc(CI)cc(CI)c2c1.ICc1ccc2cc3cc(CI)ccc3cc2c1. The summed E-state index contributed by atoms with van der Waals surface area (Å²) in [7, 11) is 0. The van der Waals surface area contributed by atoms with Crippen molar-refractivity contribution in [2.75, 3.05) is 0 Å². The van der Waals surface area contributed by atoms with Crippen LogP contribution in [0.5, 0.6) is 0 Å². The summed E-state index contributed by atoms with van der Waals surface area (Å²) in [6, 6.07) is 27.6. The van der Waals surface area contributed by atoms with E-state index in [1.807, 2.05) is 0 Å². The van der Waals surface area contributed by atoms with Crippen molar-refractivity contribution < 1.29 is 0 Å². The average molecular weight is 1150 g/mol. The van der Waals surface area contributed by atoms with Crippen molar-refractivity contribution >= 4 is 168 Å². The van der Waals surface area contributed by atoms with E-state index in [9.17, 15) is 0 Å². The Balaban J connectivity index is 0.000000169. The van der Waals surface area contributed by atoms with Gasteiger partial charge >= 0.3 is 0 Å². The number of halogens is 6. The summed E-state index contributed by atoms with van der Waals surface area (Å²) < 4.78 is 6.49. The largest absolute Gasteiger partial charge is 0.0812 e. The Labute approximate surface area is 295 Å². The van der Waals surface area contributed by atoms with Crippen LogP contribution in [-0.4, -0.2) is 0 Å². The number of alkyl halides is 6. The molecule has 0 N–H and O–H groups in total. The first-order valence-corrected chi connectivity index (χ1v) is 20.6. The molecule has 0 nitrogen and oxygen atoms in total. The van der Waals surface area contributed by atoms with Crippen molar-refractivity contribution in [1.29, 1.82) is 0 Å². The van der Waals surface area contributed by atoms with Gasteiger partial charge in [0.05, 0.1) is 0 Å². The van der Waals surface area contributed by atoms with Crippen LogP contribution in [0.1, 0.15) is 33.4 Å². The first-order chi connectivity index (χ1) is 17.5. The van der Waals surface area contributed by atoms with Gasteiger partial charge in [0, 0.05) is 26.6 Å². The van der Waals surface area contributed by atoms with Crippen LogP contribution in [0.15, 0.2) is 72.8 Å². The van der Waals surface area contributed by atoms with Crippen LogP contribution in [0.4, 0.5) is 0 Å². The van der Waals surface area contributed by atoms with E-state index in [-0.39, 0.29) is 0 Å². The predicted molar refractivity (Wildman–Crippen MR) is 212 cm³/mol. The average Bonchev–Trinajstić information content (AvgIpc) is 2.94. The van der Waals surface area contributed by atoms with E-state index < -0.39 is 0 Å². The standard InChI is InChI=1S/C16H12I2.C14H12I4/c17-9-11-1-3-13-7-16-6-12(10-18)2-4-14(16)8-15(13)5-11;15-5-9-1-11(7-17)13-4-10(6-16)2-12(8-18)14(13)3-9/h1-8H,9-10H2;1-4H,5-8H2. The summed E-state index contributed by atoms with van der Waals surface area (Å²) in [5, 5.41) is 8.28. The fraction of sp³-hybridized carbons (Fsp3) is 0.200. The van der Waals surface area contributed by atoms with Crippen LogP contribution < -0.4 is 0 Å². The van der Waals surface area contributed by atoms with Crippen molar-refractivity contribution in [2.45, 2.75) is 26.6 Å². The van der Waals surface area contributed by atoms with Gasteiger partial charge in [-0.15, -0.1) is 0 Å². The molecule has 0 saturated carbocycles. The van der Waals surface area contributed by atoms with Gasteiger partial charge < -0.3 is 0 Å². The minimum Gasteiger partial charge on any atom is -0.0812 e. The van der Waals surface area contributed by atoms with E-state index in [1.165, 1.54) is 65.7 Å². The lowest BCUT2D eigenvalue weighted by atomic mass is 9.97. The number of hydrogen-bond acceptors (Lipinski definition) is 0. The zero-order valence-corrected chi connectivity index (χ0v) is 32.4. The zero-order chi connectivity index (χ0) is 25.7. The molecular formula is C30H24I6. The smallest absolute Gasteiger partial charge is 0.0253 e. The highest BCUT2D eigenvalue weighted by Crippen LogP contribution is 2.31. The van der Waals surface area contributed by atoms with Crippen molar-refractivity contribution in [2.24, 2.45) is 0 Å². The molecule has 6 heteroatoms. The Morgan fingerprint density at radius 3 is 1.06 bits per heavy atom. The molecule has 0 heterocycles. The van der Waals surface area contributed by atoms with E-state index in [4.69, 9.17) is 0 Å². The van der Waals surface area contributed by atoms with Gasteiger partial charge in [-0.3, -0.25) is 0 Å². The predicted octanol–water partition coefficient (Wildman–Crippen LogP) is 12.4. The van der Waals surface area contributed by atoms with Crippen molar-refractivity contribution in [3.63, 3.8) is 0 Å². The second kappa shape index (κ2) is 14.8. The van der Waals surface area contributed by atoms with Gasteiger partial charge in [-0.2, -0.15) is 0 Å². The number of benzene rings is 5. The van der Waals surface area contributed by atoms with Crippen LogP contribution >= 0.6 is 136 Å². The highest BCUT2D eigenvalue weighted by atomic mass is 127. The van der Waals surface area contributed by atoms with E-state index in [2.05, 4.69) is 208 Å². The van der Waals surface area contributed by atoms with Crippen molar-refractivity contribution in [1.82, 2.24) is 0 Å². The molecule has 0 saturated heterocycles. The molecule has 186 valence electrons. The molecule has 5 aromatic carbocycles. The van der Waals surface area contributed by atoms with Crippen molar-refractivity contribution in [3.05, 3.63) is 106 Å². The first kappa shape index (κ1) is 30.2. The number of hydrogen-bond donors (Lipinski definition) is 0. The highest BCUT2D eigenvalue weighted by Gasteiger charge is 2.09. The fourth-order valence-electron chi connectivity index (χ4n) is 4.38. The molecular weight excluding hydrogens is 1120 g/mol. The Kier molecular flexibility index (Phi) is 12.4. The normalized spacial score (nSPS) is 11.2. The third-order valence-electron chi connectivity index (χ3n) is 6.19. The monoisotopic (exact) mass is 1150 g/mol. The van der Waals surface area contributed by atoms with Gasteiger partial charge in [0.1, 0.15) is 0 Å². The molecule has 0 aromatic heterocycles. The molecule has 5 rings (SSSR count). The van der Waals surface area contributed by atoms with E-state index in [1.54, 1.807) is 0 Å². The second-order valence-electron chi connectivity index (χ2n) is 8.62. The van der Waals surface area contributed by atoms with Gasteiger partial charge in [-0.25, -0.2) is 0 Å². The summed E-state index contributed by atoms with van der Waals surface area (Å²) in [6.45, 7) is 0. The lowest BCUT2D eigenvalue weighted by molar-refractivity contribution is 1.36. The van der Waals surface area contributed by atoms with E-state index in [0.717, 1.165) is 26.6 Å². The topological polar surface area (TPSA) is 0 Å². The second-order valence-corrected chi connectivity index (χ2v) is 13.2. The molecule has 0 bridgehead atoms. The van der Waals surface area contributed by atoms with Crippen LogP contribution in [0.25, 0.3) is 32.3 Å². The maximum atomic E-state index is 2.48. The molecule has 0 amide bonds. The van der Waals surface area contributed by atoms with Crippen LogP contribution in [-0.2, 0) is 26.6 Å². The molecule has 0 spiro atoms. The maximum Gasteiger partial charge on any atom is 0.0253 e. The summed E-state index contributed by atoms with van der Waals surface area (Å²) >= 11 is 14.7. The number of rotatable bonds is 6. The summed E-state index contributed by atoms with van der Waals surface area (Å²) in [5.74, 6) is 0. The molecule has 0 aliphatic rings. The molecule has 0 aliphatic heterocycles. The lowest BCUT2D eigenvalue weighted by Crippen LogP contribution is -1.92. The summed E-state index contributed by atoms with van der Waals surface area (Å²) in [5.41, 5.74) is 8.65. The minimum atomic E-state index is 1.07. The highest BCUT2D eigenvalue weighted by molar-refractivity contribution is 14.1. The third-order valence-corrected chi connectivity index (χ3v) is 11.4.